The van der Waals surface area contributed by atoms with Gasteiger partial charge in [-0.05, 0) is 48.8 Å². The molecule has 0 amide bonds. The van der Waals surface area contributed by atoms with Crippen LogP contribution in [0, 0.1) is 0 Å². The lowest BCUT2D eigenvalue weighted by molar-refractivity contribution is -0.137. The Morgan fingerprint density at radius 1 is 1.24 bits per heavy atom. The highest BCUT2D eigenvalue weighted by atomic mass is 35.5. The molecule has 2 aromatic heterocycles. The zero-order chi connectivity index (χ0) is 21.2. The second-order valence-electron chi connectivity index (χ2n) is 6.08. The van der Waals surface area contributed by atoms with Crippen molar-refractivity contribution in [1.82, 2.24) is 19.3 Å². The smallest absolute Gasteiger partial charge is 0.285 e. The molecule has 0 spiro atoms. The first-order chi connectivity index (χ1) is 13.6. The summed E-state index contributed by atoms with van der Waals surface area (Å²) in [6, 6.07) is 6.92. The minimum Gasteiger partial charge on any atom is -0.285 e. The first kappa shape index (κ1) is 21.9. The number of fused-ring (bicyclic) bond motifs is 1. The third-order valence-corrected chi connectivity index (χ3v) is 6.56. The van der Waals surface area contributed by atoms with Crippen LogP contribution in [0.2, 0.25) is 5.02 Å². The Labute approximate surface area is 174 Å². The Hall–Kier alpha value is -1.82. The molecule has 1 atom stereocenters. The molecule has 0 saturated heterocycles. The molecule has 2 heterocycles. The van der Waals surface area contributed by atoms with E-state index < -0.39 is 37.7 Å². The van der Waals surface area contributed by atoms with Gasteiger partial charge in [-0.25, -0.2) is 13.1 Å². The van der Waals surface area contributed by atoms with Crippen LogP contribution in [0.25, 0.3) is 5.65 Å². The third kappa shape index (κ3) is 4.85. The van der Waals surface area contributed by atoms with Gasteiger partial charge < -0.3 is 0 Å². The highest BCUT2D eigenvalue weighted by Gasteiger charge is 2.35. The van der Waals surface area contributed by atoms with Gasteiger partial charge in [0.05, 0.1) is 21.5 Å². The Morgan fingerprint density at radius 3 is 2.69 bits per heavy atom. The largest absolute Gasteiger partial charge is 0.417 e. The normalized spacial score (nSPS) is 13.7. The van der Waals surface area contributed by atoms with E-state index in [-0.39, 0.29) is 0 Å². The predicted octanol–water partition coefficient (Wildman–Crippen LogP) is 4.17. The van der Waals surface area contributed by atoms with Crippen LogP contribution in [0.1, 0.15) is 23.9 Å². The van der Waals surface area contributed by atoms with Crippen molar-refractivity contribution in [3.63, 3.8) is 0 Å². The molecule has 3 aromatic rings. The summed E-state index contributed by atoms with van der Waals surface area (Å²) in [7, 11) is -4.28. The van der Waals surface area contributed by atoms with Gasteiger partial charge in [0, 0.05) is 6.20 Å². The lowest BCUT2D eigenvalue weighted by atomic mass is 10.2. The van der Waals surface area contributed by atoms with Crippen LogP contribution in [-0.2, 0) is 16.2 Å². The summed E-state index contributed by atoms with van der Waals surface area (Å²) >= 11 is 7.10. The minimum absolute atomic E-state index is 0.350. The zero-order valence-corrected chi connectivity index (χ0v) is 17.4. The van der Waals surface area contributed by atoms with Crippen molar-refractivity contribution >= 4 is 39.0 Å². The van der Waals surface area contributed by atoms with Crippen LogP contribution in [0.15, 0.2) is 47.5 Å². The number of hydrogen-bond donors (Lipinski definition) is 1. The van der Waals surface area contributed by atoms with E-state index >= 15 is 0 Å². The second kappa shape index (κ2) is 8.50. The Kier molecular flexibility index (Phi) is 6.42. The molecule has 0 saturated carbocycles. The second-order valence-corrected chi connectivity index (χ2v) is 9.19. The summed E-state index contributed by atoms with van der Waals surface area (Å²) in [6.07, 6.45) is -0.850. The van der Waals surface area contributed by atoms with Crippen LogP contribution in [0.4, 0.5) is 13.2 Å². The molecule has 0 fully saturated rings. The lowest BCUT2D eigenvalue weighted by Crippen LogP contribution is -2.30. The fourth-order valence-electron chi connectivity index (χ4n) is 2.72. The quantitative estimate of drug-likeness (QED) is 0.567. The topological polar surface area (TPSA) is 76.4 Å². The van der Waals surface area contributed by atoms with Gasteiger partial charge in [0.2, 0.25) is 10.0 Å². The Morgan fingerprint density at radius 2 is 2.00 bits per heavy atom. The minimum atomic E-state index is -4.77. The van der Waals surface area contributed by atoms with Gasteiger partial charge in [0.15, 0.2) is 11.5 Å². The number of thioether (sulfide) groups is 1. The van der Waals surface area contributed by atoms with Crippen LogP contribution in [-0.4, -0.2) is 35.0 Å². The lowest BCUT2D eigenvalue weighted by Gasteiger charge is -2.18. The summed E-state index contributed by atoms with van der Waals surface area (Å²) in [6.45, 7) is 0. The summed E-state index contributed by atoms with van der Waals surface area (Å²) in [4.78, 5) is -0.530. The first-order valence-corrected chi connectivity index (χ1v) is 11.6. The molecular formula is C17H16ClF3N4O2S2. The molecule has 0 aliphatic rings. The van der Waals surface area contributed by atoms with Crippen molar-refractivity contribution in [2.75, 3.05) is 12.0 Å². The van der Waals surface area contributed by atoms with Gasteiger partial charge >= 0.3 is 6.18 Å². The van der Waals surface area contributed by atoms with E-state index in [1.807, 2.05) is 6.26 Å². The third-order valence-electron chi connectivity index (χ3n) is 4.11. The van der Waals surface area contributed by atoms with E-state index in [0.717, 1.165) is 12.1 Å². The maximum atomic E-state index is 13.1. The highest BCUT2D eigenvalue weighted by molar-refractivity contribution is 7.98. The van der Waals surface area contributed by atoms with E-state index in [0.29, 0.717) is 29.7 Å². The number of benzene rings is 1. The number of alkyl halides is 3. The predicted molar refractivity (Wildman–Crippen MR) is 106 cm³/mol. The standard InChI is InChI=1S/C17H16ClF3N4O2S2/c1-28-9-7-14(16-23-22-15-4-2-3-8-25(15)16)24-29(26,27)11-5-6-13(18)12(10-11)17(19,20)21/h2-6,8,10,14,24H,7,9H2,1H3. The van der Waals surface area contributed by atoms with Crippen molar-refractivity contribution in [3.05, 3.63) is 59.0 Å². The summed E-state index contributed by atoms with van der Waals surface area (Å²) in [5.74, 6) is 0.951. The number of halogens is 4. The SMILES string of the molecule is CSCCC(NS(=O)(=O)c1ccc(Cl)c(C(F)(F)F)c1)c1nnc2ccccn12. The molecule has 1 aromatic carbocycles. The fraction of sp³-hybridized carbons (Fsp3) is 0.294. The van der Waals surface area contributed by atoms with Gasteiger partial charge in [0.1, 0.15) is 0 Å². The van der Waals surface area contributed by atoms with E-state index in [4.69, 9.17) is 11.6 Å². The monoisotopic (exact) mass is 464 g/mol. The van der Waals surface area contributed by atoms with E-state index in [1.165, 1.54) is 11.8 Å². The van der Waals surface area contributed by atoms with E-state index in [2.05, 4.69) is 14.9 Å². The van der Waals surface area contributed by atoms with Gasteiger partial charge in [-0.3, -0.25) is 4.40 Å². The number of rotatable bonds is 7. The number of nitrogens with one attached hydrogen (secondary N) is 1. The Bertz CT molecular complexity index is 1120. The molecule has 6 nitrogen and oxygen atoms in total. The average molecular weight is 465 g/mol. The fourth-order valence-corrected chi connectivity index (χ4v) is 4.67. The number of sulfonamides is 1. The van der Waals surface area contributed by atoms with Gasteiger partial charge in [0.25, 0.3) is 0 Å². The molecule has 0 aliphatic carbocycles. The van der Waals surface area contributed by atoms with Gasteiger partial charge in [-0.2, -0.15) is 24.9 Å². The van der Waals surface area contributed by atoms with Gasteiger partial charge in [-0.1, -0.05) is 17.7 Å². The summed E-state index contributed by atoms with van der Waals surface area (Å²) in [5, 5.41) is 7.52. The van der Waals surface area contributed by atoms with E-state index in [1.54, 1.807) is 28.8 Å². The molecule has 1 unspecified atom stereocenters. The van der Waals surface area contributed by atoms with Crippen LogP contribution in [0.3, 0.4) is 0 Å². The Balaban J connectivity index is 1.99. The molecule has 1 N–H and O–H groups in total. The van der Waals surface area contributed by atoms with Crippen LogP contribution < -0.4 is 4.72 Å². The zero-order valence-electron chi connectivity index (χ0n) is 15.0. The van der Waals surface area contributed by atoms with Crippen molar-refractivity contribution in [3.8, 4) is 0 Å². The first-order valence-electron chi connectivity index (χ1n) is 8.31. The molecule has 0 radical (unpaired) electrons. The van der Waals surface area contributed by atoms with Gasteiger partial charge in [-0.15, -0.1) is 10.2 Å². The molecule has 29 heavy (non-hydrogen) atoms. The van der Waals surface area contributed by atoms with Crippen molar-refractivity contribution in [2.24, 2.45) is 0 Å². The molecular weight excluding hydrogens is 449 g/mol. The number of pyridine rings is 1. The van der Waals surface area contributed by atoms with E-state index in [9.17, 15) is 21.6 Å². The van der Waals surface area contributed by atoms with Crippen LogP contribution in [0.5, 0.6) is 0 Å². The maximum Gasteiger partial charge on any atom is 0.417 e. The average Bonchev–Trinajstić information content (AvgIpc) is 3.08. The summed E-state index contributed by atoms with van der Waals surface area (Å²) < 4.78 is 69.1. The number of nitrogens with zero attached hydrogens (tertiary/aromatic N) is 3. The van der Waals surface area contributed by atoms with Crippen molar-refractivity contribution in [2.45, 2.75) is 23.5 Å². The maximum absolute atomic E-state index is 13.1. The summed E-state index contributed by atoms with van der Waals surface area (Å²) in [5.41, 5.74) is -0.683. The molecule has 156 valence electrons. The van der Waals surface area contributed by atoms with Crippen LogP contribution >= 0.6 is 23.4 Å². The highest BCUT2D eigenvalue weighted by Crippen LogP contribution is 2.36. The molecule has 3 rings (SSSR count). The molecule has 12 heteroatoms. The molecule has 0 aliphatic heterocycles. The number of hydrogen-bond acceptors (Lipinski definition) is 5. The number of aromatic nitrogens is 3. The van der Waals surface area contributed by atoms with Crippen molar-refractivity contribution in [1.29, 1.82) is 0 Å². The molecule has 0 bridgehead atoms. The van der Waals surface area contributed by atoms with Crippen molar-refractivity contribution < 1.29 is 21.6 Å².